The molecular weight excluding hydrogens is 354 g/mol. The van der Waals surface area contributed by atoms with Gasteiger partial charge in [0.05, 0.1) is 6.61 Å². The fraction of sp³-hybridized carbons (Fsp3) is 0.400. The summed E-state index contributed by atoms with van der Waals surface area (Å²) >= 11 is 0. The highest BCUT2D eigenvalue weighted by Gasteiger charge is 2.21. The van der Waals surface area contributed by atoms with Crippen LogP contribution < -0.4 is 10.2 Å². The quantitative estimate of drug-likeness (QED) is 0.695. The zero-order chi connectivity index (χ0) is 19.5. The van der Waals surface area contributed by atoms with Gasteiger partial charge in [0.1, 0.15) is 0 Å². The van der Waals surface area contributed by atoms with Crippen LogP contribution in [0, 0.1) is 13.8 Å². The van der Waals surface area contributed by atoms with Crippen LogP contribution in [0.5, 0.6) is 0 Å². The number of anilines is 3. The minimum Gasteiger partial charge on any atom is -0.395 e. The molecule has 0 aliphatic carbocycles. The van der Waals surface area contributed by atoms with Crippen molar-refractivity contribution >= 4 is 28.6 Å². The number of fused-ring (bicyclic) bond motifs is 1. The minimum atomic E-state index is 0.187. The molecule has 4 rings (SSSR count). The monoisotopic (exact) mass is 379 g/mol. The Morgan fingerprint density at radius 1 is 1.04 bits per heavy atom. The van der Waals surface area contributed by atoms with E-state index in [1.54, 1.807) is 12.4 Å². The number of aromatic nitrogens is 4. The molecule has 1 saturated heterocycles. The summed E-state index contributed by atoms with van der Waals surface area (Å²) in [5.74, 6) is 1.32. The molecule has 2 N–H and O–H groups in total. The highest BCUT2D eigenvalue weighted by Crippen LogP contribution is 2.26. The number of aryl methyl sites for hydroxylation is 2. The summed E-state index contributed by atoms with van der Waals surface area (Å²) in [6, 6.07) is 6.27. The van der Waals surface area contributed by atoms with E-state index >= 15 is 0 Å². The first kappa shape index (κ1) is 18.5. The number of benzene rings is 1. The number of aliphatic hydroxyl groups excluding tert-OH is 1. The highest BCUT2D eigenvalue weighted by atomic mass is 16.3. The van der Waals surface area contributed by atoms with E-state index in [1.807, 2.05) is 0 Å². The Kier molecular flexibility index (Phi) is 5.31. The smallest absolute Gasteiger partial charge is 0.229 e. The van der Waals surface area contributed by atoms with Gasteiger partial charge < -0.3 is 15.3 Å². The summed E-state index contributed by atoms with van der Waals surface area (Å²) in [5, 5.41) is 12.6. The van der Waals surface area contributed by atoms with Gasteiger partial charge in [-0.05, 0) is 25.5 Å². The second-order valence-corrected chi connectivity index (χ2v) is 7.10. The zero-order valence-electron chi connectivity index (χ0n) is 16.3. The Hall–Kier alpha value is -2.84. The maximum atomic E-state index is 9.13. The molecule has 1 fully saturated rings. The summed E-state index contributed by atoms with van der Waals surface area (Å²) < 4.78 is 0. The standard InChI is InChI=1S/C20H25N7O/c1-14-3-4-16(15(2)13-14)23-19-17-18(22-6-5-21-17)24-20(25-19)27-9-7-26(8-10-27)11-12-28/h3-6,13,28H,7-12H2,1-2H3,(H,22,23,24,25). The molecule has 3 heterocycles. The van der Waals surface area contributed by atoms with Crippen molar-refractivity contribution in [1.29, 1.82) is 0 Å². The zero-order valence-corrected chi connectivity index (χ0v) is 16.3. The number of hydrogen-bond acceptors (Lipinski definition) is 8. The van der Waals surface area contributed by atoms with Crippen LogP contribution in [0.3, 0.4) is 0 Å². The molecule has 28 heavy (non-hydrogen) atoms. The van der Waals surface area contributed by atoms with Crippen molar-refractivity contribution in [2.75, 3.05) is 49.5 Å². The fourth-order valence-electron chi connectivity index (χ4n) is 3.48. The van der Waals surface area contributed by atoms with Gasteiger partial charge in [-0.15, -0.1) is 0 Å². The Bertz CT molecular complexity index is 970. The molecule has 0 atom stereocenters. The summed E-state index contributed by atoms with van der Waals surface area (Å²) in [6.07, 6.45) is 3.31. The average Bonchev–Trinajstić information content (AvgIpc) is 2.71. The summed E-state index contributed by atoms with van der Waals surface area (Å²) in [7, 11) is 0. The van der Waals surface area contributed by atoms with Gasteiger partial charge in [0, 0.05) is 50.8 Å². The van der Waals surface area contributed by atoms with E-state index in [0.717, 1.165) is 37.4 Å². The molecule has 146 valence electrons. The molecule has 0 amide bonds. The van der Waals surface area contributed by atoms with E-state index < -0.39 is 0 Å². The number of piperazine rings is 1. The summed E-state index contributed by atoms with van der Waals surface area (Å²) in [4.78, 5) is 22.7. The average molecular weight is 379 g/mol. The first-order valence-electron chi connectivity index (χ1n) is 9.55. The molecule has 2 aromatic heterocycles. The van der Waals surface area contributed by atoms with Gasteiger partial charge in [0.15, 0.2) is 17.0 Å². The van der Waals surface area contributed by atoms with Crippen LogP contribution in [-0.4, -0.2) is 69.3 Å². The molecule has 0 radical (unpaired) electrons. The lowest BCUT2D eigenvalue weighted by Gasteiger charge is -2.34. The Labute approximate surface area is 164 Å². The Balaban J connectivity index is 1.66. The summed E-state index contributed by atoms with van der Waals surface area (Å²) in [6.45, 7) is 8.43. The molecular formula is C20H25N7O. The van der Waals surface area contributed by atoms with E-state index in [4.69, 9.17) is 10.1 Å². The summed E-state index contributed by atoms with van der Waals surface area (Å²) in [5.41, 5.74) is 4.60. The van der Waals surface area contributed by atoms with Crippen molar-refractivity contribution in [3.05, 3.63) is 41.7 Å². The van der Waals surface area contributed by atoms with E-state index in [2.05, 4.69) is 62.1 Å². The van der Waals surface area contributed by atoms with Crippen molar-refractivity contribution in [2.45, 2.75) is 13.8 Å². The Morgan fingerprint density at radius 3 is 2.57 bits per heavy atom. The van der Waals surface area contributed by atoms with Crippen molar-refractivity contribution in [1.82, 2.24) is 24.8 Å². The second-order valence-electron chi connectivity index (χ2n) is 7.10. The third-order valence-corrected chi connectivity index (χ3v) is 5.03. The van der Waals surface area contributed by atoms with Crippen LogP contribution in [0.15, 0.2) is 30.6 Å². The van der Waals surface area contributed by atoms with E-state index in [9.17, 15) is 0 Å². The van der Waals surface area contributed by atoms with Gasteiger partial charge in [-0.1, -0.05) is 17.7 Å². The van der Waals surface area contributed by atoms with Crippen molar-refractivity contribution in [3.63, 3.8) is 0 Å². The predicted molar refractivity (Wildman–Crippen MR) is 110 cm³/mol. The molecule has 0 unspecified atom stereocenters. The fourth-order valence-corrected chi connectivity index (χ4v) is 3.48. The van der Waals surface area contributed by atoms with E-state index in [0.29, 0.717) is 29.5 Å². The Morgan fingerprint density at radius 2 is 1.82 bits per heavy atom. The van der Waals surface area contributed by atoms with Crippen LogP contribution >= 0.6 is 0 Å². The SMILES string of the molecule is Cc1ccc(Nc2nc(N3CCN(CCO)CC3)nc3nccnc23)c(C)c1. The molecule has 8 nitrogen and oxygen atoms in total. The normalized spacial score (nSPS) is 15.2. The number of rotatable bonds is 5. The number of β-amino-alcohol motifs (C(OH)–C–C–N with tert-alkyl or cyclic N) is 1. The van der Waals surface area contributed by atoms with Crippen LogP contribution in [0.25, 0.3) is 11.2 Å². The molecule has 1 aromatic carbocycles. The van der Waals surface area contributed by atoms with Crippen LogP contribution in [0.1, 0.15) is 11.1 Å². The third kappa shape index (κ3) is 3.88. The minimum absolute atomic E-state index is 0.187. The molecule has 0 bridgehead atoms. The first-order valence-corrected chi connectivity index (χ1v) is 9.55. The third-order valence-electron chi connectivity index (χ3n) is 5.03. The van der Waals surface area contributed by atoms with Gasteiger partial charge in [-0.3, -0.25) is 4.90 Å². The second kappa shape index (κ2) is 8.04. The first-order chi connectivity index (χ1) is 13.6. The van der Waals surface area contributed by atoms with Gasteiger partial charge in [-0.2, -0.15) is 9.97 Å². The van der Waals surface area contributed by atoms with Crippen molar-refractivity contribution < 1.29 is 5.11 Å². The van der Waals surface area contributed by atoms with Gasteiger partial charge >= 0.3 is 0 Å². The van der Waals surface area contributed by atoms with Crippen LogP contribution in [-0.2, 0) is 0 Å². The van der Waals surface area contributed by atoms with Crippen molar-refractivity contribution in [3.8, 4) is 0 Å². The van der Waals surface area contributed by atoms with Crippen LogP contribution in [0.2, 0.25) is 0 Å². The molecule has 3 aromatic rings. The molecule has 0 spiro atoms. The van der Waals surface area contributed by atoms with E-state index in [1.165, 1.54) is 5.56 Å². The molecule has 1 aliphatic rings. The number of hydrogen-bond donors (Lipinski definition) is 2. The highest BCUT2D eigenvalue weighted by molar-refractivity contribution is 5.86. The number of aliphatic hydroxyl groups is 1. The lowest BCUT2D eigenvalue weighted by atomic mass is 10.1. The van der Waals surface area contributed by atoms with Crippen LogP contribution in [0.4, 0.5) is 17.5 Å². The topological polar surface area (TPSA) is 90.3 Å². The van der Waals surface area contributed by atoms with Gasteiger partial charge in [0.25, 0.3) is 0 Å². The number of nitrogens with zero attached hydrogens (tertiary/aromatic N) is 6. The lowest BCUT2D eigenvalue weighted by Crippen LogP contribution is -2.47. The maximum absolute atomic E-state index is 9.13. The number of nitrogens with one attached hydrogen (secondary N) is 1. The van der Waals surface area contributed by atoms with Gasteiger partial charge in [-0.25, -0.2) is 9.97 Å². The lowest BCUT2D eigenvalue weighted by molar-refractivity contribution is 0.188. The molecule has 1 aliphatic heterocycles. The van der Waals surface area contributed by atoms with Gasteiger partial charge in [0.2, 0.25) is 5.95 Å². The predicted octanol–water partition coefficient (Wildman–Crippen LogP) is 1.89. The molecule has 0 saturated carbocycles. The largest absolute Gasteiger partial charge is 0.395 e. The molecule has 8 heteroatoms. The van der Waals surface area contributed by atoms with Crippen molar-refractivity contribution in [2.24, 2.45) is 0 Å². The van der Waals surface area contributed by atoms with E-state index in [-0.39, 0.29) is 6.61 Å². The maximum Gasteiger partial charge on any atom is 0.229 e.